The Morgan fingerprint density at radius 1 is 1.38 bits per heavy atom. The Morgan fingerprint density at radius 3 is 3.00 bits per heavy atom. The molecule has 1 saturated heterocycles. The summed E-state index contributed by atoms with van der Waals surface area (Å²) in [6.07, 6.45) is 1.01. The molecule has 1 fully saturated rings. The van der Waals surface area contributed by atoms with E-state index in [2.05, 4.69) is 35.3 Å². The second kappa shape index (κ2) is 5.12. The van der Waals surface area contributed by atoms with Crippen LogP contribution in [0.5, 0.6) is 0 Å². The number of rotatable bonds is 2. The van der Waals surface area contributed by atoms with E-state index in [0.717, 1.165) is 19.5 Å². The highest BCUT2D eigenvalue weighted by Gasteiger charge is 2.16. The van der Waals surface area contributed by atoms with Gasteiger partial charge >= 0.3 is 0 Å². The molecule has 0 unspecified atom stereocenters. The van der Waals surface area contributed by atoms with E-state index in [-0.39, 0.29) is 5.78 Å². The molecule has 16 heavy (non-hydrogen) atoms. The highest BCUT2D eigenvalue weighted by atomic mass is 16.1. The van der Waals surface area contributed by atoms with E-state index in [0.29, 0.717) is 13.1 Å². The Hall–Kier alpha value is -1.35. The summed E-state index contributed by atoms with van der Waals surface area (Å²) < 4.78 is 0. The summed E-state index contributed by atoms with van der Waals surface area (Å²) in [4.78, 5) is 13.7. The largest absolute Gasteiger partial charge is 0.363 e. The van der Waals surface area contributed by atoms with Crippen LogP contribution in [-0.4, -0.2) is 32.0 Å². The average Bonchev–Trinajstić information content (AvgIpc) is 2.54. The number of anilines is 1. The highest BCUT2D eigenvalue weighted by molar-refractivity contribution is 5.86. The van der Waals surface area contributed by atoms with Gasteiger partial charge in [-0.3, -0.25) is 4.79 Å². The van der Waals surface area contributed by atoms with Crippen LogP contribution in [0.1, 0.15) is 12.5 Å². The maximum Gasteiger partial charge on any atom is 0.165 e. The Balaban J connectivity index is 2.24. The summed E-state index contributed by atoms with van der Waals surface area (Å²) in [5.41, 5.74) is 2.53. The molecule has 1 N–H and O–H groups in total. The fourth-order valence-electron chi connectivity index (χ4n) is 2.11. The predicted octanol–water partition coefficient (Wildman–Crippen LogP) is 1.23. The number of hydrogen-bond donors (Lipinski definition) is 1. The fourth-order valence-corrected chi connectivity index (χ4v) is 2.11. The zero-order chi connectivity index (χ0) is 11.4. The molecule has 0 atom stereocenters. The number of benzene rings is 1. The SMILES string of the molecule is CCc1ccccc1N1CCNCC(=O)C1. The number of Topliss-reactive ketones (excluding diaryl/α,β-unsaturated/α-hetero) is 1. The lowest BCUT2D eigenvalue weighted by Crippen LogP contribution is -2.30. The molecule has 0 radical (unpaired) electrons. The first kappa shape index (κ1) is 11.1. The van der Waals surface area contributed by atoms with Crippen LogP contribution >= 0.6 is 0 Å². The monoisotopic (exact) mass is 218 g/mol. The average molecular weight is 218 g/mol. The molecule has 0 bridgehead atoms. The number of carbonyl (C=O) groups is 1. The van der Waals surface area contributed by atoms with Gasteiger partial charge in [0.05, 0.1) is 13.1 Å². The number of carbonyl (C=O) groups excluding carboxylic acids is 1. The van der Waals surface area contributed by atoms with Gasteiger partial charge in [0, 0.05) is 18.8 Å². The van der Waals surface area contributed by atoms with Crippen molar-refractivity contribution in [1.82, 2.24) is 5.32 Å². The van der Waals surface area contributed by atoms with E-state index >= 15 is 0 Å². The number of ketones is 1. The molecule has 0 saturated carbocycles. The topological polar surface area (TPSA) is 32.3 Å². The second-order valence-electron chi connectivity index (χ2n) is 4.12. The molecule has 3 nitrogen and oxygen atoms in total. The third-order valence-electron chi connectivity index (χ3n) is 2.96. The van der Waals surface area contributed by atoms with E-state index in [4.69, 9.17) is 0 Å². The number of para-hydroxylation sites is 1. The van der Waals surface area contributed by atoms with Crippen molar-refractivity contribution in [2.45, 2.75) is 13.3 Å². The van der Waals surface area contributed by atoms with Crippen molar-refractivity contribution in [3.63, 3.8) is 0 Å². The number of nitrogens with one attached hydrogen (secondary N) is 1. The molecular weight excluding hydrogens is 200 g/mol. The van der Waals surface area contributed by atoms with Gasteiger partial charge < -0.3 is 10.2 Å². The lowest BCUT2D eigenvalue weighted by atomic mass is 10.1. The maximum absolute atomic E-state index is 11.6. The molecule has 1 aliphatic heterocycles. The van der Waals surface area contributed by atoms with Crippen molar-refractivity contribution in [3.8, 4) is 0 Å². The van der Waals surface area contributed by atoms with Gasteiger partial charge in [0.2, 0.25) is 0 Å². The third-order valence-corrected chi connectivity index (χ3v) is 2.96. The van der Waals surface area contributed by atoms with Crippen LogP contribution in [0.15, 0.2) is 24.3 Å². The summed E-state index contributed by atoms with van der Waals surface area (Å²) in [5, 5.41) is 3.14. The first-order valence-electron chi connectivity index (χ1n) is 5.86. The zero-order valence-electron chi connectivity index (χ0n) is 9.70. The Morgan fingerprint density at radius 2 is 2.19 bits per heavy atom. The minimum atomic E-state index is 0.267. The molecule has 1 aromatic carbocycles. The van der Waals surface area contributed by atoms with Gasteiger partial charge in [0.25, 0.3) is 0 Å². The van der Waals surface area contributed by atoms with Crippen LogP contribution in [0.3, 0.4) is 0 Å². The number of hydrogen-bond acceptors (Lipinski definition) is 3. The third kappa shape index (κ3) is 2.42. The smallest absolute Gasteiger partial charge is 0.165 e. The normalized spacial score (nSPS) is 17.3. The van der Waals surface area contributed by atoms with Crippen LogP contribution in [0.2, 0.25) is 0 Å². The van der Waals surface area contributed by atoms with E-state index in [1.54, 1.807) is 0 Å². The van der Waals surface area contributed by atoms with Crippen molar-refractivity contribution in [3.05, 3.63) is 29.8 Å². The molecule has 0 amide bonds. The molecule has 0 aromatic heterocycles. The molecule has 1 heterocycles. The first-order valence-corrected chi connectivity index (χ1v) is 5.86. The van der Waals surface area contributed by atoms with Crippen molar-refractivity contribution in [2.75, 3.05) is 31.1 Å². The van der Waals surface area contributed by atoms with Crippen LogP contribution in [-0.2, 0) is 11.2 Å². The van der Waals surface area contributed by atoms with E-state index in [9.17, 15) is 4.79 Å². The van der Waals surface area contributed by atoms with Gasteiger partial charge in [-0.25, -0.2) is 0 Å². The van der Waals surface area contributed by atoms with Gasteiger partial charge in [-0.05, 0) is 18.1 Å². The molecule has 3 heteroatoms. The first-order chi connectivity index (χ1) is 7.81. The van der Waals surface area contributed by atoms with Gasteiger partial charge in [-0.2, -0.15) is 0 Å². The van der Waals surface area contributed by atoms with Crippen LogP contribution in [0.4, 0.5) is 5.69 Å². The maximum atomic E-state index is 11.6. The van der Waals surface area contributed by atoms with Gasteiger partial charge in [0.15, 0.2) is 5.78 Å². The fraction of sp³-hybridized carbons (Fsp3) is 0.462. The van der Waals surface area contributed by atoms with Crippen LogP contribution < -0.4 is 10.2 Å². The molecule has 1 aromatic rings. The lowest BCUT2D eigenvalue weighted by molar-refractivity contribution is -0.116. The van der Waals surface area contributed by atoms with Crippen LogP contribution in [0.25, 0.3) is 0 Å². The number of nitrogens with zero attached hydrogens (tertiary/aromatic N) is 1. The van der Waals surface area contributed by atoms with E-state index < -0.39 is 0 Å². The molecule has 0 spiro atoms. The number of aryl methyl sites for hydroxylation is 1. The molecule has 1 aliphatic rings. The van der Waals surface area contributed by atoms with Gasteiger partial charge in [0.1, 0.15) is 0 Å². The molecule has 0 aliphatic carbocycles. The summed E-state index contributed by atoms with van der Waals surface area (Å²) >= 11 is 0. The Labute approximate surface area is 96.5 Å². The Kier molecular flexibility index (Phi) is 3.57. The summed E-state index contributed by atoms with van der Waals surface area (Å²) in [7, 11) is 0. The highest BCUT2D eigenvalue weighted by Crippen LogP contribution is 2.20. The zero-order valence-corrected chi connectivity index (χ0v) is 9.70. The predicted molar refractivity (Wildman–Crippen MR) is 65.9 cm³/mol. The molecular formula is C13H18N2O. The minimum absolute atomic E-state index is 0.267. The summed E-state index contributed by atoms with van der Waals surface area (Å²) in [6.45, 7) is 4.97. The quantitative estimate of drug-likeness (QED) is 0.810. The van der Waals surface area contributed by atoms with Gasteiger partial charge in [-0.15, -0.1) is 0 Å². The van der Waals surface area contributed by atoms with Crippen LogP contribution in [0, 0.1) is 0 Å². The minimum Gasteiger partial charge on any atom is -0.363 e. The van der Waals surface area contributed by atoms with Crippen molar-refractivity contribution >= 4 is 11.5 Å². The van der Waals surface area contributed by atoms with Crippen molar-refractivity contribution in [2.24, 2.45) is 0 Å². The second-order valence-corrected chi connectivity index (χ2v) is 4.12. The molecule has 86 valence electrons. The van der Waals surface area contributed by atoms with Crippen molar-refractivity contribution in [1.29, 1.82) is 0 Å². The van der Waals surface area contributed by atoms with E-state index in [1.807, 2.05) is 6.07 Å². The molecule has 2 rings (SSSR count). The summed E-state index contributed by atoms with van der Waals surface area (Å²) in [6, 6.07) is 8.34. The van der Waals surface area contributed by atoms with Gasteiger partial charge in [-0.1, -0.05) is 25.1 Å². The standard InChI is InChI=1S/C13H18N2O/c1-2-11-5-3-4-6-13(11)15-8-7-14-9-12(16)10-15/h3-6,14H,2,7-10H2,1H3. The van der Waals surface area contributed by atoms with Crippen molar-refractivity contribution < 1.29 is 4.79 Å². The lowest BCUT2D eigenvalue weighted by Gasteiger charge is -2.24. The Bertz CT molecular complexity index is 376. The summed E-state index contributed by atoms with van der Waals surface area (Å²) in [5.74, 6) is 0.267. The van der Waals surface area contributed by atoms with E-state index in [1.165, 1.54) is 11.3 Å².